The number of thiazole rings is 1. The van der Waals surface area contributed by atoms with Crippen molar-refractivity contribution in [1.82, 2.24) is 9.88 Å². The number of methoxy groups -OCH3 is 2. The topological polar surface area (TPSA) is 60.9 Å². The lowest BCUT2D eigenvalue weighted by Gasteiger charge is -2.31. The van der Waals surface area contributed by atoms with Crippen LogP contribution in [-0.4, -0.2) is 49.2 Å². The fraction of sp³-hybridized carbons (Fsp3) is 0.333. The number of amides is 1. The zero-order chi connectivity index (χ0) is 19.5. The predicted molar refractivity (Wildman–Crippen MR) is 109 cm³/mol. The second-order valence-electron chi connectivity index (χ2n) is 6.66. The summed E-state index contributed by atoms with van der Waals surface area (Å²) >= 11 is 1.56. The van der Waals surface area contributed by atoms with E-state index < -0.39 is 0 Å². The molecule has 0 bridgehead atoms. The second kappa shape index (κ2) is 8.06. The van der Waals surface area contributed by atoms with Crippen LogP contribution < -0.4 is 14.2 Å². The van der Waals surface area contributed by atoms with E-state index in [2.05, 4.69) is 4.98 Å². The number of hydrogen-bond donors (Lipinski definition) is 0. The fourth-order valence-electron chi connectivity index (χ4n) is 3.33. The lowest BCUT2D eigenvalue weighted by Crippen LogP contribution is -2.41. The van der Waals surface area contributed by atoms with Gasteiger partial charge in [0, 0.05) is 37.6 Å². The zero-order valence-corrected chi connectivity index (χ0v) is 16.7. The molecule has 0 aliphatic carbocycles. The van der Waals surface area contributed by atoms with Crippen LogP contribution in [0.2, 0.25) is 0 Å². The third-order valence-electron chi connectivity index (χ3n) is 4.87. The largest absolute Gasteiger partial charge is 0.497 e. The number of fused-ring (bicyclic) bond motifs is 1. The Hall–Kier alpha value is -2.80. The number of nitrogens with zero attached hydrogens (tertiary/aromatic N) is 2. The molecule has 0 atom stereocenters. The average molecular weight is 398 g/mol. The molecule has 1 aliphatic heterocycles. The van der Waals surface area contributed by atoms with Crippen LogP contribution in [0, 0.1) is 0 Å². The molecular formula is C21H22N2O4S. The first-order valence-electron chi connectivity index (χ1n) is 9.21. The molecule has 1 aromatic heterocycles. The first-order valence-corrected chi connectivity index (χ1v) is 10.0. The number of rotatable bonds is 5. The average Bonchev–Trinajstić information content (AvgIpc) is 3.15. The number of piperidine rings is 1. The molecule has 0 radical (unpaired) electrons. The molecule has 1 saturated heterocycles. The van der Waals surface area contributed by atoms with Gasteiger partial charge in [0.05, 0.1) is 24.4 Å². The van der Waals surface area contributed by atoms with Gasteiger partial charge in [-0.15, -0.1) is 0 Å². The van der Waals surface area contributed by atoms with Crippen LogP contribution in [-0.2, 0) is 0 Å². The number of hydrogen-bond acceptors (Lipinski definition) is 6. The van der Waals surface area contributed by atoms with Crippen molar-refractivity contribution in [2.75, 3.05) is 27.3 Å². The highest BCUT2D eigenvalue weighted by Gasteiger charge is 2.26. The van der Waals surface area contributed by atoms with Crippen LogP contribution in [0.5, 0.6) is 16.7 Å². The van der Waals surface area contributed by atoms with Gasteiger partial charge in [-0.2, -0.15) is 0 Å². The molecule has 0 spiro atoms. The van der Waals surface area contributed by atoms with Gasteiger partial charge in [0.1, 0.15) is 17.6 Å². The minimum Gasteiger partial charge on any atom is -0.497 e. The van der Waals surface area contributed by atoms with Crippen molar-refractivity contribution in [3.8, 4) is 16.7 Å². The summed E-state index contributed by atoms with van der Waals surface area (Å²) < 4.78 is 17.7. The molecule has 3 aromatic rings. The van der Waals surface area contributed by atoms with Crippen molar-refractivity contribution >= 4 is 27.5 Å². The van der Waals surface area contributed by atoms with E-state index in [0.717, 1.165) is 23.1 Å². The van der Waals surface area contributed by atoms with Crippen molar-refractivity contribution < 1.29 is 19.0 Å². The second-order valence-corrected chi connectivity index (χ2v) is 7.65. The fourth-order valence-corrected chi connectivity index (χ4v) is 4.22. The normalized spacial score (nSPS) is 14.9. The van der Waals surface area contributed by atoms with Crippen LogP contribution in [0.3, 0.4) is 0 Å². The van der Waals surface area contributed by atoms with Crippen molar-refractivity contribution in [2.45, 2.75) is 18.9 Å². The Balaban J connectivity index is 1.39. The smallest absolute Gasteiger partial charge is 0.274 e. The maximum atomic E-state index is 12.9. The molecule has 4 rings (SSSR count). The van der Waals surface area contributed by atoms with E-state index in [9.17, 15) is 4.79 Å². The number of aromatic nitrogens is 1. The number of carbonyl (C=O) groups is 1. The summed E-state index contributed by atoms with van der Waals surface area (Å²) in [6.45, 7) is 1.29. The molecule has 28 heavy (non-hydrogen) atoms. The van der Waals surface area contributed by atoms with Crippen molar-refractivity contribution in [3.05, 3.63) is 48.0 Å². The Labute approximate surface area is 167 Å². The molecule has 6 nitrogen and oxygen atoms in total. The SMILES string of the molecule is COc1cc(OC)cc(C(=O)N2CCC(Oc3nc4ccccc4s3)CC2)c1. The summed E-state index contributed by atoms with van der Waals surface area (Å²) in [7, 11) is 3.15. The Kier molecular flexibility index (Phi) is 5.34. The van der Waals surface area contributed by atoms with Gasteiger partial charge in [-0.3, -0.25) is 4.79 Å². The summed E-state index contributed by atoms with van der Waals surface area (Å²) in [5, 5.41) is 0.698. The summed E-state index contributed by atoms with van der Waals surface area (Å²) in [5.41, 5.74) is 1.53. The van der Waals surface area contributed by atoms with E-state index in [1.807, 2.05) is 29.2 Å². The van der Waals surface area contributed by atoms with Crippen LogP contribution in [0.4, 0.5) is 0 Å². The number of ether oxygens (including phenoxy) is 3. The minimum absolute atomic E-state index is 0.0179. The standard InChI is InChI=1S/C21H22N2O4S/c1-25-16-11-14(12-17(13-16)26-2)20(24)23-9-7-15(8-10-23)27-21-22-18-5-3-4-6-19(18)28-21/h3-6,11-13,15H,7-10H2,1-2H3. The van der Waals surface area contributed by atoms with Crippen LogP contribution >= 0.6 is 11.3 Å². The van der Waals surface area contributed by atoms with E-state index in [1.54, 1.807) is 43.8 Å². The molecule has 2 heterocycles. The highest BCUT2D eigenvalue weighted by atomic mass is 32.1. The Morgan fingerprint density at radius 2 is 1.75 bits per heavy atom. The zero-order valence-electron chi connectivity index (χ0n) is 15.9. The Morgan fingerprint density at radius 1 is 1.07 bits per heavy atom. The molecule has 0 saturated carbocycles. The Bertz CT molecular complexity index is 924. The van der Waals surface area contributed by atoms with E-state index in [0.29, 0.717) is 35.3 Å². The van der Waals surface area contributed by atoms with Gasteiger partial charge in [-0.05, 0) is 24.3 Å². The van der Waals surface area contributed by atoms with Crippen LogP contribution in [0.25, 0.3) is 10.2 Å². The van der Waals surface area contributed by atoms with E-state index in [4.69, 9.17) is 14.2 Å². The third-order valence-corrected chi connectivity index (χ3v) is 5.80. The summed E-state index contributed by atoms with van der Waals surface area (Å²) in [5.74, 6) is 1.20. The molecule has 7 heteroatoms. The van der Waals surface area contributed by atoms with Crippen LogP contribution in [0.1, 0.15) is 23.2 Å². The predicted octanol–water partition coefficient (Wildman–Crippen LogP) is 4.00. The van der Waals surface area contributed by atoms with E-state index in [1.165, 1.54) is 0 Å². The van der Waals surface area contributed by atoms with Gasteiger partial charge in [-0.25, -0.2) is 4.98 Å². The Morgan fingerprint density at radius 3 is 2.39 bits per heavy atom. The van der Waals surface area contributed by atoms with Gasteiger partial charge in [0.25, 0.3) is 11.1 Å². The summed E-state index contributed by atoms with van der Waals surface area (Å²) in [6.07, 6.45) is 1.63. The quantitative estimate of drug-likeness (QED) is 0.650. The van der Waals surface area contributed by atoms with Gasteiger partial charge in [0.15, 0.2) is 0 Å². The molecule has 0 N–H and O–H groups in total. The van der Waals surface area contributed by atoms with E-state index in [-0.39, 0.29) is 12.0 Å². The highest BCUT2D eigenvalue weighted by molar-refractivity contribution is 7.20. The van der Waals surface area contributed by atoms with Crippen LogP contribution in [0.15, 0.2) is 42.5 Å². The number of benzene rings is 2. The van der Waals surface area contributed by atoms with Gasteiger partial charge >= 0.3 is 0 Å². The molecule has 1 amide bonds. The minimum atomic E-state index is -0.0179. The molecule has 1 aliphatic rings. The van der Waals surface area contributed by atoms with E-state index >= 15 is 0 Å². The third kappa shape index (κ3) is 3.89. The van der Waals surface area contributed by atoms with Crippen molar-refractivity contribution in [3.63, 3.8) is 0 Å². The van der Waals surface area contributed by atoms with Gasteiger partial charge in [0.2, 0.25) is 0 Å². The number of likely N-dealkylation sites (tertiary alicyclic amines) is 1. The molecule has 0 unspecified atom stereocenters. The van der Waals surface area contributed by atoms with Crippen molar-refractivity contribution in [1.29, 1.82) is 0 Å². The molecule has 146 valence electrons. The molecule has 1 fully saturated rings. The monoisotopic (exact) mass is 398 g/mol. The lowest BCUT2D eigenvalue weighted by atomic mass is 10.1. The van der Waals surface area contributed by atoms with Crippen molar-refractivity contribution in [2.24, 2.45) is 0 Å². The van der Waals surface area contributed by atoms with Gasteiger partial charge in [-0.1, -0.05) is 23.5 Å². The summed E-state index contributed by atoms with van der Waals surface area (Å²) in [6, 6.07) is 13.3. The maximum Gasteiger partial charge on any atom is 0.274 e. The number of para-hydroxylation sites is 1. The lowest BCUT2D eigenvalue weighted by molar-refractivity contribution is 0.0595. The van der Waals surface area contributed by atoms with Gasteiger partial charge < -0.3 is 19.1 Å². The molecular weight excluding hydrogens is 376 g/mol. The highest BCUT2D eigenvalue weighted by Crippen LogP contribution is 2.30. The summed E-state index contributed by atoms with van der Waals surface area (Å²) in [4.78, 5) is 19.3. The molecule has 2 aromatic carbocycles. The maximum absolute atomic E-state index is 12.9. The number of carbonyl (C=O) groups excluding carboxylic acids is 1. The first-order chi connectivity index (χ1) is 13.7. The first kappa shape index (κ1) is 18.6.